The average Bonchev–Trinajstić information content (AvgIpc) is 2.46. The maximum absolute atomic E-state index is 10.8. The van der Waals surface area contributed by atoms with E-state index in [9.17, 15) is 4.79 Å². The fourth-order valence-corrected chi connectivity index (χ4v) is 1.85. The van der Waals surface area contributed by atoms with E-state index in [0.29, 0.717) is 4.88 Å². The third kappa shape index (κ3) is 1.00. The Balaban J connectivity index is 2.86. The van der Waals surface area contributed by atoms with E-state index in [1.165, 1.54) is 17.4 Å². The van der Waals surface area contributed by atoms with E-state index in [1.807, 2.05) is 6.07 Å². The second kappa shape index (κ2) is 2.47. The van der Waals surface area contributed by atoms with Gasteiger partial charge in [-0.05, 0) is 12.1 Å². The number of nitrogens with one attached hydrogen (secondary N) is 1. The summed E-state index contributed by atoms with van der Waals surface area (Å²) in [6.07, 6.45) is 0. The summed E-state index contributed by atoms with van der Waals surface area (Å²) >= 11 is 1.29. The Morgan fingerprint density at radius 3 is 3.08 bits per heavy atom. The Hall–Kier alpha value is -1.60. The largest absolute Gasteiger partial charge is 0.314 e. The highest BCUT2D eigenvalue weighted by Crippen LogP contribution is 2.20. The lowest BCUT2D eigenvalue weighted by Gasteiger charge is -1.83. The molecule has 0 fully saturated rings. The molecule has 0 saturated heterocycles. The summed E-state index contributed by atoms with van der Waals surface area (Å²) in [5.41, 5.74) is -0.131. The van der Waals surface area contributed by atoms with E-state index in [1.54, 1.807) is 12.1 Å². The SMILES string of the molecule is N#Cc1cc2ccc(=O)[nH]c2s1. The second-order valence-electron chi connectivity index (χ2n) is 2.33. The van der Waals surface area contributed by atoms with Gasteiger partial charge in [0.05, 0.1) is 0 Å². The molecule has 0 aliphatic carbocycles. The molecule has 0 atom stereocenters. The van der Waals surface area contributed by atoms with Gasteiger partial charge >= 0.3 is 0 Å². The minimum absolute atomic E-state index is 0.131. The van der Waals surface area contributed by atoms with Gasteiger partial charge in [0.15, 0.2) is 0 Å². The molecule has 0 saturated carbocycles. The highest BCUT2D eigenvalue weighted by atomic mass is 32.1. The average molecular weight is 176 g/mol. The molecule has 0 spiro atoms. The van der Waals surface area contributed by atoms with Crippen molar-refractivity contribution in [3.8, 4) is 6.07 Å². The van der Waals surface area contributed by atoms with Crippen LogP contribution in [0.2, 0.25) is 0 Å². The van der Waals surface area contributed by atoms with Gasteiger partial charge in [0.1, 0.15) is 15.8 Å². The zero-order valence-corrected chi connectivity index (χ0v) is 6.81. The van der Waals surface area contributed by atoms with E-state index in [4.69, 9.17) is 5.26 Å². The van der Waals surface area contributed by atoms with Crippen LogP contribution in [0.1, 0.15) is 4.88 Å². The minimum atomic E-state index is -0.131. The normalized spacial score (nSPS) is 9.92. The zero-order valence-electron chi connectivity index (χ0n) is 6.00. The second-order valence-corrected chi connectivity index (χ2v) is 3.38. The lowest BCUT2D eigenvalue weighted by Crippen LogP contribution is -2.00. The first-order valence-corrected chi connectivity index (χ1v) is 4.14. The van der Waals surface area contributed by atoms with Gasteiger partial charge in [0.2, 0.25) is 5.56 Å². The minimum Gasteiger partial charge on any atom is -0.314 e. The maximum Gasteiger partial charge on any atom is 0.249 e. The molecular weight excluding hydrogens is 172 g/mol. The van der Waals surface area contributed by atoms with Crippen LogP contribution < -0.4 is 5.56 Å². The molecule has 0 unspecified atom stereocenters. The number of nitrogens with zero attached hydrogens (tertiary/aromatic N) is 1. The van der Waals surface area contributed by atoms with Crippen molar-refractivity contribution in [1.82, 2.24) is 4.98 Å². The van der Waals surface area contributed by atoms with E-state index in [0.717, 1.165) is 10.2 Å². The van der Waals surface area contributed by atoms with Gasteiger partial charge in [-0.25, -0.2) is 0 Å². The Morgan fingerprint density at radius 2 is 2.33 bits per heavy atom. The third-order valence-corrected chi connectivity index (χ3v) is 2.49. The van der Waals surface area contributed by atoms with Crippen molar-refractivity contribution in [2.45, 2.75) is 0 Å². The lowest BCUT2D eigenvalue weighted by atomic mass is 10.3. The van der Waals surface area contributed by atoms with Crippen LogP contribution in [-0.4, -0.2) is 4.98 Å². The number of hydrogen-bond acceptors (Lipinski definition) is 3. The molecule has 0 radical (unpaired) electrons. The van der Waals surface area contributed by atoms with Gasteiger partial charge in [-0.1, -0.05) is 0 Å². The number of rotatable bonds is 0. The van der Waals surface area contributed by atoms with Crippen molar-refractivity contribution in [2.75, 3.05) is 0 Å². The quantitative estimate of drug-likeness (QED) is 0.660. The number of aromatic nitrogens is 1. The predicted molar refractivity (Wildman–Crippen MR) is 47.2 cm³/mol. The molecule has 0 amide bonds. The molecule has 0 aliphatic heterocycles. The van der Waals surface area contributed by atoms with Crippen LogP contribution in [0.15, 0.2) is 23.0 Å². The molecule has 1 N–H and O–H groups in total. The Labute approximate surface area is 71.9 Å². The first kappa shape index (κ1) is 7.07. The molecule has 2 rings (SSSR count). The van der Waals surface area contributed by atoms with E-state index < -0.39 is 0 Å². The highest BCUT2D eigenvalue weighted by molar-refractivity contribution is 7.19. The molecule has 0 bridgehead atoms. The summed E-state index contributed by atoms with van der Waals surface area (Å²) in [7, 11) is 0. The zero-order chi connectivity index (χ0) is 8.55. The molecule has 0 aliphatic rings. The van der Waals surface area contributed by atoms with Crippen LogP contribution in [0, 0.1) is 11.3 Å². The fraction of sp³-hybridized carbons (Fsp3) is 0. The Bertz CT molecular complexity index is 518. The summed E-state index contributed by atoms with van der Waals surface area (Å²) in [4.78, 5) is 14.9. The van der Waals surface area contributed by atoms with Gasteiger partial charge in [0.25, 0.3) is 0 Å². The molecule has 0 aromatic carbocycles. The fourth-order valence-electron chi connectivity index (χ4n) is 1.00. The summed E-state index contributed by atoms with van der Waals surface area (Å²) in [6.45, 7) is 0. The van der Waals surface area contributed by atoms with Crippen LogP contribution >= 0.6 is 11.3 Å². The van der Waals surface area contributed by atoms with Crippen LogP contribution in [0.3, 0.4) is 0 Å². The Morgan fingerprint density at radius 1 is 1.50 bits per heavy atom. The number of thiophene rings is 1. The van der Waals surface area contributed by atoms with Gasteiger partial charge in [-0.2, -0.15) is 5.26 Å². The van der Waals surface area contributed by atoms with Crippen molar-refractivity contribution < 1.29 is 0 Å². The molecule has 12 heavy (non-hydrogen) atoms. The van der Waals surface area contributed by atoms with E-state index in [2.05, 4.69) is 4.98 Å². The van der Waals surface area contributed by atoms with Crippen molar-refractivity contribution in [3.05, 3.63) is 33.4 Å². The molecule has 3 nitrogen and oxygen atoms in total. The molecule has 2 heterocycles. The molecular formula is C8H4N2OS. The smallest absolute Gasteiger partial charge is 0.249 e. The number of H-pyrrole nitrogens is 1. The van der Waals surface area contributed by atoms with Crippen molar-refractivity contribution in [2.24, 2.45) is 0 Å². The van der Waals surface area contributed by atoms with Crippen LogP contribution in [-0.2, 0) is 0 Å². The monoisotopic (exact) mass is 176 g/mol. The van der Waals surface area contributed by atoms with E-state index in [-0.39, 0.29) is 5.56 Å². The number of nitriles is 1. The molecule has 4 heteroatoms. The van der Waals surface area contributed by atoms with Gasteiger partial charge in [0, 0.05) is 11.5 Å². The third-order valence-electron chi connectivity index (χ3n) is 1.52. The topological polar surface area (TPSA) is 56.6 Å². The Kier molecular flexibility index (Phi) is 1.45. The highest BCUT2D eigenvalue weighted by Gasteiger charge is 1.99. The number of fused-ring (bicyclic) bond motifs is 1. The molecule has 2 aromatic rings. The first-order valence-electron chi connectivity index (χ1n) is 3.32. The van der Waals surface area contributed by atoms with Crippen LogP contribution in [0.25, 0.3) is 10.2 Å². The maximum atomic E-state index is 10.8. The summed E-state index contributed by atoms with van der Waals surface area (Å²) in [5, 5.41) is 9.49. The summed E-state index contributed by atoms with van der Waals surface area (Å²) < 4.78 is 0. The van der Waals surface area contributed by atoms with Gasteiger partial charge < -0.3 is 4.98 Å². The summed E-state index contributed by atoms with van der Waals surface area (Å²) in [6, 6.07) is 6.96. The number of pyridine rings is 1. The van der Waals surface area contributed by atoms with Gasteiger partial charge in [-0.15, -0.1) is 11.3 Å². The van der Waals surface area contributed by atoms with Crippen molar-refractivity contribution in [3.63, 3.8) is 0 Å². The first-order chi connectivity index (χ1) is 5.79. The number of aromatic amines is 1. The lowest BCUT2D eigenvalue weighted by molar-refractivity contribution is 1.33. The molecule has 58 valence electrons. The van der Waals surface area contributed by atoms with Crippen molar-refractivity contribution in [1.29, 1.82) is 5.26 Å². The van der Waals surface area contributed by atoms with Crippen LogP contribution in [0.5, 0.6) is 0 Å². The standard InChI is InChI=1S/C8H4N2OS/c9-4-6-3-5-1-2-7(11)10-8(5)12-6/h1-3H,(H,10,11). The van der Waals surface area contributed by atoms with Crippen molar-refractivity contribution >= 4 is 21.6 Å². The summed E-state index contributed by atoms with van der Waals surface area (Å²) in [5.74, 6) is 0. The van der Waals surface area contributed by atoms with Gasteiger partial charge in [-0.3, -0.25) is 4.79 Å². The number of hydrogen-bond donors (Lipinski definition) is 1. The van der Waals surface area contributed by atoms with E-state index >= 15 is 0 Å². The molecule has 2 aromatic heterocycles. The predicted octanol–water partition coefficient (Wildman–Crippen LogP) is 1.46. The van der Waals surface area contributed by atoms with Crippen LogP contribution in [0.4, 0.5) is 0 Å².